The third-order valence-electron chi connectivity index (χ3n) is 3.33. The second kappa shape index (κ2) is 8.28. The van der Waals surface area contributed by atoms with E-state index in [1.165, 1.54) is 25.2 Å². The van der Waals surface area contributed by atoms with E-state index in [0.717, 1.165) is 0 Å². The van der Waals surface area contributed by atoms with Crippen LogP contribution in [0.15, 0.2) is 41.4 Å². The maximum atomic E-state index is 12.4. The Hall–Kier alpha value is -2.16. The predicted molar refractivity (Wildman–Crippen MR) is 94.3 cm³/mol. The smallest absolute Gasteiger partial charge is 0.253 e. The molecule has 1 aromatic heterocycles. The average molecular weight is 384 g/mol. The minimum absolute atomic E-state index is 0.0408. The Morgan fingerprint density at radius 1 is 1.32 bits per heavy atom. The third-order valence-corrected chi connectivity index (χ3v) is 5.07. The Bertz CT molecular complexity index is 871. The first-order valence-corrected chi connectivity index (χ1v) is 9.33. The van der Waals surface area contributed by atoms with E-state index >= 15 is 0 Å². The molecular formula is C16H18ClN3O4S. The van der Waals surface area contributed by atoms with Gasteiger partial charge in [0.25, 0.3) is 5.91 Å². The Balaban J connectivity index is 2.20. The number of halogens is 1. The molecule has 7 nitrogen and oxygen atoms in total. The van der Waals surface area contributed by atoms with E-state index in [4.69, 9.17) is 16.3 Å². The second-order valence-electron chi connectivity index (χ2n) is 4.93. The summed E-state index contributed by atoms with van der Waals surface area (Å²) in [4.78, 5) is 16.5. The molecule has 0 unspecified atom stereocenters. The summed E-state index contributed by atoms with van der Waals surface area (Å²) in [6.07, 6.45) is 1.60. The zero-order valence-electron chi connectivity index (χ0n) is 13.7. The summed E-state index contributed by atoms with van der Waals surface area (Å²) in [5, 5.41) is 2.85. The molecule has 25 heavy (non-hydrogen) atoms. The van der Waals surface area contributed by atoms with E-state index in [1.807, 2.05) is 6.92 Å². The van der Waals surface area contributed by atoms with Crippen molar-refractivity contribution in [2.24, 2.45) is 0 Å². The molecule has 1 aromatic carbocycles. The van der Waals surface area contributed by atoms with Gasteiger partial charge in [0.05, 0.1) is 22.1 Å². The van der Waals surface area contributed by atoms with Crippen LogP contribution in [0.25, 0.3) is 0 Å². The van der Waals surface area contributed by atoms with Gasteiger partial charge < -0.3 is 10.1 Å². The van der Waals surface area contributed by atoms with Crippen molar-refractivity contribution in [1.82, 2.24) is 15.0 Å². The number of carbonyl (C=O) groups excluding carboxylic acids is 1. The molecule has 1 amide bonds. The van der Waals surface area contributed by atoms with Crippen LogP contribution in [0.5, 0.6) is 5.88 Å². The van der Waals surface area contributed by atoms with Crippen LogP contribution in [0.2, 0.25) is 5.02 Å². The summed E-state index contributed by atoms with van der Waals surface area (Å²) in [7, 11) is -2.38. The van der Waals surface area contributed by atoms with Crippen molar-refractivity contribution < 1.29 is 17.9 Å². The molecule has 0 atom stereocenters. The summed E-state index contributed by atoms with van der Waals surface area (Å²) in [6.45, 7) is 2.46. The van der Waals surface area contributed by atoms with E-state index in [2.05, 4.69) is 15.0 Å². The molecule has 0 fully saturated rings. The van der Waals surface area contributed by atoms with Crippen molar-refractivity contribution >= 4 is 27.5 Å². The maximum absolute atomic E-state index is 12.4. The van der Waals surface area contributed by atoms with Crippen LogP contribution in [-0.2, 0) is 16.6 Å². The lowest BCUT2D eigenvalue weighted by atomic mass is 10.2. The van der Waals surface area contributed by atoms with Crippen LogP contribution in [0.4, 0.5) is 0 Å². The molecule has 0 aliphatic rings. The fourth-order valence-corrected chi connectivity index (χ4v) is 3.02. The lowest BCUT2D eigenvalue weighted by Gasteiger charge is -2.11. The zero-order valence-corrected chi connectivity index (χ0v) is 15.3. The van der Waals surface area contributed by atoms with Crippen molar-refractivity contribution in [1.29, 1.82) is 0 Å². The molecule has 134 valence electrons. The first kappa shape index (κ1) is 19.2. The number of hydrogen-bond donors (Lipinski definition) is 2. The van der Waals surface area contributed by atoms with Crippen molar-refractivity contribution in [3.8, 4) is 5.88 Å². The SMILES string of the molecule is CCOc1ncccc1CNC(=O)c1cc(S(=O)(=O)NC)ccc1Cl. The van der Waals surface area contributed by atoms with Gasteiger partial charge in [0.15, 0.2) is 0 Å². The van der Waals surface area contributed by atoms with Gasteiger partial charge in [0, 0.05) is 18.3 Å². The Labute approximate surface area is 151 Å². The van der Waals surface area contributed by atoms with Crippen LogP contribution in [0.1, 0.15) is 22.8 Å². The van der Waals surface area contributed by atoms with Crippen LogP contribution in [0.3, 0.4) is 0 Å². The Morgan fingerprint density at radius 3 is 2.76 bits per heavy atom. The first-order valence-electron chi connectivity index (χ1n) is 7.47. The van der Waals surface area contributed by atoms with Crippen molar-refractivity contribution in [3.63, 3.8) is 0 Å². The number of benzene rings is 1. The van der Waals surface area contributed by atoms with Crippen LogP contribution >= 0.6 is 11.6 Å². The molecular weight excluding hydrogens is 366 g/mol. The molecule has 1 heterocycles. The lowest BCUT2D eigenvalue weighted by Crippen LogP contribution is -2.25. The van der Waals surface area contributed by atoms with Crippen LogP contribution in [0, 0.1) is 0 Å². The molecule has 0 spiro atoms. The number of sulfonamides is 1. The number of hydrogen-bond acceptors (Lipinski definition) is 5. The number of carbonyl (C=O) groups is 1. The molecule has 0 bridgehead atoms. The topological polar surface area (TPSA) is 97.4 Å². The molecule has 0 radical (unpaired) electrons. The van der Waals surface area contributed by atoms with Gasteiger partial charge in [-0.15, -0.1) is 0 Å². The fourth-order valence-electron chi connectivity index (χ4n) is 2.06. The Kier molecular flexibility index (Phi) is 6.35. The van der Waals surface area contributed by atoms with Gasteiger partial charge in [-0.3, -0.25) is 4.79 Å². The molecule has 0 aliphatic heterocycles. The minimum atomic E-state index is -3.67. The van der Waals surface area contributed by atoms with Gasteiger partial charge in [-0.1, -0.05) is 17.7 Å². The van der Waals surface area contributed by atoms with Gasteiger partial charge >= 0.3 is 0 Å². The lowest BCUT2D eigenvalue weighted by molar-refractivity contribution is 0.0950. The predicted octanol–water partition coefficient (Wildman–Crippen LogP) is 1.97. The largest absolute Gasteiger partial charge is 0.478 e. The highest BCUT2D eigenvalue weighted by Crippen LogP contribution is 2.21. The number of rotatable bonds is 7. The van der Waals surface area contributed by atoms with Crippen LogP contribution < -0.4 is 14.8 Å². The first-order chi connectivity index (χ1) is 11.9. The zero-order chi connectivity index (χ0) is 18.4. The van der Waals surface area contributed by atoms with E-state index in [1.54, 1.807) is 18.3 Å². The number of pyridine rings is 1. The summed E-state index contributed by atoms with van der Waals surface area (Å²) in [6, 6.07) is 7.45. The van der Waals surface area contributed by atoms with E-state index in [0.29, 0.717) is 18.1 Å². The number of ether oxygens (including phenoxy) is 1. The quantitative estimate of drug-likeness (QED) is 0.761. The average Bonchev–Trinajstić information content (AvgIpc) is 2.61. The summed E-state index contributed by atoms with van der Waals surface area (Å²) in [5.74, 6) is -0.0626. The standard InChI is InChI=1S/C16H18ClN3O4S/c1-3-24-16-11(5-4-8-19-16)10-20-15(21)13-9-12(6-7-14(13)17)25(22,23)18-2/h4-9,18H,3,10H2,1-2H3,(H,20,21). The monoisotopic (exact) mass is 383 g/mol. The summed E-state index contributed by atoms with van der Waals surface area (Å²) < 4.78 is 31.3. The molecule has 2 rings (SSSR count). The number of aromatic nitrogens is 1. The van der Waals surface area contributed by atoms with Crippen molar-refractivity contribution in [2.75, 3.05) is 13.7 Å². The van der Waals surface area contributed by atoms with Gasteiger partial charge in [0.2, 0.25) is 15.9 Å². The molecule has 2 aromatic rings. The molecule has 0 saturated heterocycles. The Morgan fingerprint density at radius 2 is 2.08 bits per heavy atom. The van der Waals surface area contributed by atoms with Crippen LogP contribution in [-0.4, -0.2) is 33.0 Å². The van der Waals surface area contributed by atoms with E-state index in [9.17, 15) is 13.2 Å². The second-order valence-corrected chi connectivity index (χ2v) is 7.23. The summed E-state index contributed by atoms with van der Waals surface area (Å²) in [5.41, 5.74) is 0.771. The van der Waals surface area contributed by atoms with E-state index in [-0.39, 0.29) is 22.0 Å². The molecule has 9 heteroatoms. The van der Waals surface area contributed by atoms with E-state index < -0.39 is 15.9 Å². The van der Waals surface area contributed by atoms with Gasteiger partial charge in [-0.05, 0) is 38.2 Å². The van der Waals surface area contributed by atoms with Gasteiger partial charge in [-0.2, -0.15) is 0 Å². The number of nitrogens with one attached hydrogen (secondary N) is 2. The van der Waals surface area contributed by atoms with Crippen molar-refractivity contribution in [2.45, 2.75) is 18.4 Å². The highest BCUT2D eigenvalue weighted by atomic mass is 35.5. The fraction of sp³-hybridized carbons (Fsp3) is 0.250. The molecule has 0 saturated carbocycles. The highest BCUT2D eigenvalue weighted by Gasteiger charge is 2.17. The summed E-state index contributed by atoms with van der Waals surface area (Å²) >= 11 is 6.03. The van der Waals surface area contributed by atoms with Gasteiger partial charge in [-0.25, -0.2) is 18.1 Å². The van der Waals surface area contributed by atoms with Crippen molar-refractivity contribution in [3.05, 3.63) is 52.7 Å². The maximum Gasteiger partial charge on any atom is 0.253 e. The highest BCUT2D eigenvalue weighted by molar-refractivity contribution is 7.89. The minimum Gasteiger partial charge on any atom is -0.478 e. The molecule has 0 aliphatic carbocycles. The number of nitrogens with zero attached hydrogens (tertiary/aromatic N) is 1. The molecule has 2 N–H and O–H groups in total. The van der Waals surface area contributed by atoms with Gasteiger partial charge in [0.1, 0.15) is 0 Å². The number of amides is 1. The normalized spacial score (nSPS) is 11.2. The third kappa shape index (κ3) is 4.68.